The lowest BCUT2D eigenvalue weighted by atomic mass is 9.87. The maximum absolute atomic E-state index is 14.3. The molecule has 12 heteroatoms. The molecule has 1 aliphatic heterocycles. The summed E-state index contributed by atoms with van der Waals surface area (Å²) in [5.41, 5.74) is 1.53. The number of para-hydroxylation sites is 1. The number of carboxylic acids is 1. The highest BCUT2D eigenvalue weighted by atomic mass is 16.7. The highest BCUT2D eigenvalue weighted by molar-refractivity contribution is 6.04. The van der Waals surface area contributed by atoms with E-state index in [-0.39, 0.29) is 25.5 Å². The van der Waals surface area contributed by atoms with E-state index in [1.54, 1.807) is 75.4 Å². The van der Waals surface area contributed by atoms with Gasteiger partial charge in [-0.05, 0) is 67.8 Å². The van der Waals surface area contributed by atoms with Gasteiger partial charge in [0.2, 0.25) is 6.79 Å². The Balaban J connectivity index is 1.53. The van der Waals surface area contributed by atoms with Crippen LogP contribution in [0.25, 0.3) is 6.08 Å². The van der Waals surface area contributed by atoms with Crippen LogP contribution < -0.4 is 14.8 Å². The Morgan fingerprint density at radius 1 is 0.906 bits per heavy atom. The van der Waals surface area contributed by atoms with E-state index in [0.29, 0.717) is 29.4 Å². The number of aliphatic carboxylic acids is 1. The molecule has 4 aromatic rings. The van der Waals surface area contributed by atoms with E-state index in [1.807, 2.05) is 48.5 Å². The predicted molar refractivity (Wildman–Crippen MR) is 197 cm³/mol. The van der Waals surface area contributed by atoms with Gasteiger partial charge in [-0.15, -0.1) is 0 Å². The average molecular weight is 723 g/mol. The van der Waals surface area contributed by atoms with Crippen molar-refractivity contribution in [2.75, 3.05) is 18.7 Å². The van der Waals surface area contributed by atoms with Crippen molar-refractivity contribution >= 4 is 35.5 Å². The molecule has 0 bridgehead atoms. The fourth-order valence-corrected chi connectivity index (χ4v) is 5.78. The molecule has 12 nitrogen and oxygen atoms in total. The summed E-state index contributed by atoms with van der Waals surface area (Å²) >= 11 is 0. The van der Waals surface area contributed by atoms with Crippen molar-refractivity contribution in [2.45, 2.75) is 58.1 Å². The molecule has 53 heavy (non-hydrogen) atoms. The van der Waals surface area contributed by atoms with Crippen LogP contribution in [-0.2, 0) is 25.5 Å². The highest BCUT2D eigenvalue weighted by Crippen LogP contribution is 2.38. The molecular formula is C41H42N2O10. The number of furan rings is 1. The maximum Gasteiger partial charge on any atom is 0.338 e. The fraction of sp³-hybridized carbons (Fsp3) is 0.268. The van der Waals surface area contributed by atoms with Crippen LogP contribution in [0.5, 0.6) is 11.5 Å². The molecule has 3 unspecified atom stereocenters. The minimum Gasteiger partial charge on any atom is -0.503 e. The summed E-state index contributed by atoms with van der Waals surface area (Å²) < 4.78 is 22.6. The first-order chi connectivity index (χ1) is 25.5. The van der Waals surface area contributed by atoms with Gasteiger partial charge in [-0.3, -0.25) is 14.4 Å². The second-order valence-corrected chi connectivity index (χ2v) is 12.5. The molecule has 0 saturated carbocycles. The number of hydrogen-bond donors (Lipinski definition) is 3. The van der Waals surface area contributed by atoms with Crippen molar-refractivity contribution in [3.05, 3.63) is 131 Å². The molecule has 3 aromatic carbocycles. The van der Waals surface area contributed by atoms with Crippen molar-refractivity contribution in [3.8, 4) is 11.5 Å². The van der Waals surface area contributed by atoms with Crippen molar-refractivity contribution in [3.63, 3.8) is 0 Å². The number of aliphatic hydroxyl groups excluding tert-OH is 1. The molecule has 0 spiro atoms. The predicted octanol–water partition coefficient (Wildman–Crippen LogP) is 7.15. The van der Waals surface area contributed by atoms with Crippen molar-refractivity contribution in [1.82, 2.24) is 4.90 Å². The number of nitrogens with zero attached hydrogens (tertiary/aromatic N) is 1. The van der Waals surface area contributed by atoms with Gasteiger partial charge >= 0.3 is 11.9 Å². The summed E-state index contributed by atoms with van der Waals surface area (Å²) in [4.78, 5) is 53.6. The van der Waals surface area contributed by atoms with E-state index in [1.165, 1.54) is 4.90 Å². The summed E-state index contributed by atoms with van der Waals surface area (Å²) in [7, 11) is 0. The fourth-order valence-electron chi connectivity index (χ4n) is 5.78. The van der Waals surface area contributed by atoms with Crippen molar-refractivity contribution < 1.29 is 48.0 Å². The van der Waals surface area contributed by atoms with Crippen LogP contribution in [0.3, 0.4) is 0 Å². The molecule has 276 valence electrons. The van der Waals surface area contributed by atoms with Crippen LogP contribution in [0.15, 0.2) is 113 Å². The standard InChI is InChI=1S/C41H42N2O10/c1-4-26(2)52-41(49)33(24-37(44)45)38(46)40(48)43(21-11-14-28-12-7-5-8-13-28)27(3)32(29-17-19-34-36(22-29)51-25-50-34)23-31-18-20-35(53-31)39(47)42-30-15-9-6-10-16-30/h5-20,22,26-27,32,46H,4,21,23-25H2,1-3H3,(H,42,47)(H,44,45). The van der Waals surface area contributed by atoms with Crippen LogP contribution in [0.2, 0.25) is 0 Å². The zero-order valence-corrected chi connectivity index (χ0v) is 29.7. The minimum atomic E-state index is -1.42. The van der Waals surface area contributed by atoms with E-state index in [2.05, 4.69) is 5.32 Å². The number of fused-ring (bicyclic) bond motifs is 1. The smallest absolute Gasteiger partial charge is 0.338 e. The summed E-state index contributed by atoms with van der Waals surface area (Å²) in [6.07, 6.45) is 2.66. The molecule has 3 N–H and O–H groups in total. The summed E-state index contributed by atoms with van der Waals surface area (Å²) in [5, 5.41) is 23.8. The normalized spacial score (nSPS) is 14.2. The lowest BCUT2D eigenvalue weighted by molar-refractivity contribution is -0.147. The number of rotatable bonds is 16. The van der Waals surface area contributed by atoms with E-state index < -0.39 is 59.6 Å². The molecule has 2 heterocycles. The third-order valence-electron chi connectivity index (χ3n) is 8.86. The number of nitrogens with one attached hydrogen (secondary N) is 1. The quantitative estimate of drug-likeness (QED) is 0.0615. The van der Waals surface area contributed by atoms with Gasteiger partial charge in [-0.1, -0.05) is 73.7 Å². The van der Waals surface area contributed by atoms with Gasteiger partial charge in [0.15, 0.2) is 23.0 Å². The van der Waals surface area contributed by atoms with E-state index in [4.69, 9.17) is 18.6 Å². The number of ether oxygens (including phenoxy) is 3. The monoisotopic (exact) mass is 722 g/mol. The molecule has 1 aliphatic rings. The number of hydrogen-bond acceptors (Lipinski definition) is 9. The van der Waals surface area contributed by atoms with Crippen LogP contribution in [-0.4, -0.2) is 64.3 Å². The van der Waals surface area contributed by atoms with Gasteiger partial charge < -0.3 is 39.1 Å². The first kappa shape index (κ1) is 37.9. The summed E-state index contributed by atoms with van der Waals surface area (Å²) in [6, 6.07) is 26.2. The molecule has 0 radical (unpaired) electrons. The largest absolute Gasteiger partial charge is 0.503 e. The molecule has 1 aromatic heterocycles. The molecule has 2 amide bonds. The number of benzene rings is 3. The Kier molecular flexibility index (Phi) is 12.7. The third-order valence-corrected chi connectivity index (χ3v) is 8.86. The molecule has 3 atom stereocenters. The second kappa shape index (κ2) is 17.8. The van der Waals surface area contributed by atoms with Gasteiger partial charge in [0.1, 0.15) is 5.76 Å². The van der Waals surface area contributed by atoms with Gasteiger partial charge in [-0.25, -0.2) is 4.79 Å². The summed E-state index contributed by atoms with van der Waals surface area (Å²) in [6.45, 7) is 5.18. The van der Waals surface area contributed by atoms with Crippen LogP contribution >= 0.6 is 0 Å². The average Bonchev–Trinajstić information content (AvgIpc) is 3.84. The van der Waals surface area contributed by atoms with E-state index in [0.717, 1.165) is 11.1 Å². The Bertz CT molecular complexity index is 1970. The van der Waals surface area contributed by atoms with Crippen LogP contribution in [0, 0.1) is 0 Å². The second-order valence-electron chi connectivity index (χ2n) is 12.5. The van der Waals surface area contributed by atoms with Crippen molar-refractivity contribution in [1.29, 1.82) is 0 Å². The number of aliphatic hydroxyl groups is 1. The van der Waals surface area contributed by atoms with Crippen LogP contribution in [0.4, 0.5) is 5.69 Å². The highest BCUT2D eigenvalue weighted by Gasteiger charge is 2.35. The zero-order chi connectivity index (χ0) is 37.9. The number of anilines is 1. The molecular weight excluding hydrogens is 680 g/mol. The maximum atomic E-state index is 14.3. The van der Waals surface area contributed by atoms with Crippen molar-refractivity contribution in [2.24, 2.45) is 0 Å². The Hall–Kier alpha value is -6.30. The molecule has 5 rings (SSSR count). The third kappa shape index (κ3) is 9.94. The Morgan fingerprint density at radius 3 is 2.30 bits per heavy atom. The van der Waals surface area contributed by atoms with Crippen LogP contribution in [0.1, 0.15) is 67.0 Å². The Labute approximate surface area is 307 Å². The SMILES string of the molecule is CCC(C)OC(=O)C(CC(=O)O)=C(O)C(=O)N(CC=Cc1ccccc1)C(C)C(Cc1ccc(C(=O)Nc2ccccc2)o1)c1ccc2c(c1)OCO2. The lowest BCUT2D eigenvalue weighted by Crippen LogP contribution is -2.44. The minimum absolute atomic E-state index is 0.0380. The number of carbonyl (C=O) groups is 4. The van der Waals surface area contributed by atoms with E-state index in [9.17, 15) is 29.4 Å². The van der Waals surface area contributed by atoms with Gasteiger partial charge in [0.25, 0.3) is 11.8 Å². The molecule has 0 aliphatic carbocycles. The number of carboxylic acid groups (broad SMARTS) is 1. The van der Waals surface area contributed by atoms with Gasteiger partial charge in [0, 0.05) is 30.6 Å². The number of esters is 1. The Morgan fingerprint density at radius 2 is 1.60 bits per heavy atom. The molecule has 0 saturated heterocycles. The summed E-state index contributed by atoms with van der Waals surface area (Å²) in [5.74, 6) is -3.92. The topological polar surface area (TPSA) is 165 Å². The molecule has 0 fully saturated rings. The zero-order valence-electron chi connectivity index (χ0n) is 29.7. The van der Waals surface area contributed by atoms with Gasteiger partial charge in [-0.2, -0.15) is 0 Å². The lowest BCUT2D eigenvalue weighted by Gasteiger charge is -2.34. The van der Waals surface area contributed by atoms with E-state index >= 15 is 0 Å². The number of amides is 2. The first-order valence-corrected chi connectivity index (χ1v) is 17.3. The number of carbonyl (C=O) groups excluding carboxylic acids is 3. The first-order valence-electron chi connectivity index (χ1n) is 17.3. The van der Waals surface area contributed by atoms with Gasteiger partial charge in [0.05, 0.1) is 18.1 Å².